The lowest BCUT2D eigenvalue weighted by Crippen LogP contribution is -2.27. The smallest absolute Gasteiger partial charge is 0.406 e. The molecule has 2 aromatic carbocycles. The molecule has 0 heterocycles. The molecule has 1 N–H and O–H groups in total. The first-order valence-corrected chi connectivity index (χ1v) is 6.98. The molecule has 0 bridgehead atoms. The third-order valence-electron chi connectivity index (χ3n) is 3.35. The van der Waals surface area contributed by atoms with E-state index in [-0.39, 0.29) is 17.7 Å². The molecule has 0 aliphatic rings. The van der Waals surface area contributed by atoms with Crippen LogP contribution in [-0.2, 0) is 0 Å². The maximum atomic E-state index is 12.2. The predicted octanol–water partition coefficient (Wildman–Crippen LogP) is 4.38. The van der Waals surface area contributed by atoms with Gasteiger partial charge < -0.3 is 10.1 Å². The van der Waals surface area contributed by atoms with E-state index in [1.807, 2.05) is 19.1 Å². The number of carbonyl (C=O) groups is 1. The molecule has 0 spiro atoms. The lowest BCUT2D eigenvalue weighted by molar-refractivity contribution is -0.274. The van der Waals surface area contributed by atoms with Crippen molar-refractivity contribution in [2.24, 2.45) is 0 Å². The van der Waals surface area contributed by atoms with E-state index in [4.69, 9.17) is 0 Å². The Labute approximate surface area is 132 Å². The number of carbonyl (C=O) groups excluding carboxylic acids is 1. The van der Waals surface area contributed by atoms with Gasteiger partial charge in [0, 0.05) is 5.56 Å². The molecule has 0 saturated heterocycles. The van der Waals surface area contributed by atoms with E-state index in [2.05, 4.69) is 10.1 Å². The summed E-state index contributed by atoms with van der Waals surface area (Å²) >= 11 is 0. The molecule has 0 saturated carbocycles. The summed E-state index contributed by atoms with van der Waals surface area (Å²) in [6.45, 7) is 3.60. The molecule has 122 valence electrons. The number of benzene rings is 2. The number of alkyl halides is 3. The zero-order valence-corrected chi connectivity index (χ0v) is 12.6. The summed E-state index contributed by atoms with van der Waals surface area (Å²) < 4.78 is 40.2. The number of halogens is 3. The van der Waals surface area contributed by atoms with Gasteiger partial charge in [0.15, 0.2) is 0 Å². The highest BCUT2D eigenvalue weighted by atomic mass is 19.4. The Morgan fingerprint density at radius 1 is 1.09 bits per heavy atom. The lowest BCUT2D eigenvalue weighted by Gasteiger charge is -2.16. The van der Waals surface area contributed by atoms with Crippen molar-refractivity contribution in [1.82, 2.24) is 5.32 Å². The summed E-state index contributed by atoms with van der Waals surface area (Å²) in [5.41, 5.74) is 2.10. The van der Waals surface area contributed by atoms with Crippen molar-refractivity contribution >= 4 is 5.91 Å². The van der Waals surface area contributed by atoms with Gasteiger partial charge in [-0.15, -0.1) is 13.2 Å². The second-order valence-electron chi connectivity index (χ2n) is 5.13. The van der Waals surface area contributed by atoms with Crippen molar-refractivity contribution in [2.75, 3.05) is 0 Å². The number of nitrogens with one attached hydrogen (secondary N) is 1. The number of amides is 1. The lowest BCUT2D eigenvalue weighted by atomic mass is 10.1. The van der Waals surface area contributed by atoms with Gasteiger partial charge in [-0.1, -0.05) is 30.3 Å². The summed E-state index contributed by atoms with van der Waals surface area (Å²) in [6.07, 6.45) is -4.72. The third-order valence-corrected chi connectivity index (χ3v) is 3.35. The third kappa shape index (κ3) is 4.74. The molecule has 1 amide bonds. The van der Waals surface area contributed by atoms with E-state index >= 15 is 0 Å². The normalized spacial score (nSPS) is 12.6. The highest BCUT2D eigenvalue weighted by Gasteiger charge is 2.31. The number of aryl methyl sites for hydroxylation is 1. The Hall–Kier alpha value is -2.50. The first-order valence-electron chi connectivity index (χ1n) is 6.98. The van der Waals surface area contributed by atoms with Gasteiger partial charge in [0.1, 0.15) is 5.75 Å². The van der Waals surface area contributed by atoms with Gasteiger partial charge in [-0.3, -0.25) is 4.79 Å². The summed E-state index contributed by atoms with van der Waals surface area (Å²) in [5, 5.41) is 2.82. The molecular weight excluding hydrogens is 307 g/mol. The van der Waals surface area contributed by atoms with Gasteiger partial charge >= 0.3 is 6.36 Å². The molecule has 6 heteroatoms. The van der Waals surface area contributed by atoms with Crippen LogP contribution in [0.15, 0.2) is 48.5 Å². The highest BCUT2D eigenvalue weighted by molar-refractivity contribution is 5.95. The minimum absolute atomic E-state index is 0.230. The molecule has 0 aliphatic carbocycles. The molecule has 0 fully saturated rings. The topological polar surface area (TPSA) is 38.3 Å². The predicted molar refractivity (Wildman–Crippen MR) is 80.2 cm³/mol. The van der Waals surface area contributed by atoms with Crippen LogP contribution in [0.5, 0.6) is 5.75 Å². The monoisotopic (exact) mass is 323 g/mol. The maximum Gasteiger partial charge on any atom is 0.573 e. The SMILES string of the molecule is Cc1ccccc1C(=O)NC(C)c1ccc(OC(F)(F)F)cc1. The largest absolute Gasteiger partial charge is 0.573 e. The van der Waals surface area contributed by atoms with Gasteiger partial charge in [-0.2, -0.15) is 0 Å². The first kappa shape index (κ1) is 16.9. The van der Waals surface area contributed by atoms with Crippen LogP contribution in [0.4, 0.5) is 13.2 Å². The Balaban J connectivity index is 2.05. The average Bonchev–Trinajstić information content (AvgIpc) is 2.46. The number of rotatable bonds is 4. The van der Waals surface area contributed by atoms with Gasteiger partial charge in [-0.05, 0) is 43.2 Å². The summed E-state index contributed by atoms with van der Waals surface area (Å²) in [4.78, 5) is 12.2. The van der Waals surface area contributed by atoms with E-state index < -0.39 is 6.36 Å². The molecule has 3 nitrogen and oxygen atoms in total. The Morgan fingerprint density at radius 2 is 1.70 bits per heavy atom. The zero-order valence-electron chi connectivity index (χ0n) is 12.6. The van der Waals surface area contributed by atoms with Crippen molar-refractivity contribution in [1.29, 1.82) is 0 Å². The van der Waals surface area contributed by atoms with E-state index in [0.29, 0.717) is 11.1 Å². The van der Waals surface area contributed by atoms with E-state index in [1.54, 1.807) is 19.1 Å². The fraction of sp³-hybridized carbons (Fsp3) is 0.235. The van der Waals surface area contributed by atoms with E-state index in [1.165, 1.54) is 24.3 Å². The van der Waals surface area contributed by atoms with Gasteiger partial charge in [0.05, 0.1) is 6.04 Å². The molecule has 0 radical (unpaired) electrons. The molecule has 1 unspecified atom stereocenters. The molecule has 0 aliphatic heterocycles. The minimum Gasteiger partial charge on any atom is -0.406 e. The number of ether oxygens (including phenoxy) is 1. The molecule has 0 aromatic heterocycles. The van der Waals surface area contributed by atoms with E-state index in [0.717, 1.165) is 5.56 Å². The van der Waals surface area contributed by atoms with Crippen molar-refractivity contribution in [2.45, 2.75) is 26.3 Å². The van der Waals surface area contributed by atoms with Crippen LogP contribution in [-0.4, -0.2) is 12.3 Å². The number of hydrogen-bond donors (Lipinski definition) is 1. The minimum atomic E-state index is -4.72. The Morgan fingerprint density at radius 3 is 2.26 bits per heavy atom. The van der Waals surface area contributed by atoms with Crippen LogP contribution in [0.3, 0.4) is 0 Å². The molecule has 2 aromatic rings. The Kier molecular flexibility index (Phi) is 4.93. The van der Waals surface area contributed by atoms with E-state index in [9.17, 15) is 18.0 Å². The first-order chi connectivity index (χ1) is 10.8. The number of hydrogen-bond acceptors (Lipinski definition) is 2. The maximum absolute atomic E-state index is 12.2. The van der Waals surface area contributed by atoms with Crippen molar-refractivity contribution in [3.8, 4) is 5.75 Å². The fourth-order valence-electron chi connectivity index (χ4n) is 2.14. The van der Waals surface area contributed by atoms with Crippen LogP contribution < -0.4 is 10.1 Å². The fourth-order valence-corrected chi connectivity index (χ4v) is 2.14. The van der Waals surface area contributed by atoms with Crippen LogP contribution in [0.1, 0.15) is 34.5 Å². The van der Waals surface area contributed by atoms with Crippen LogP contribution in [0.25, 0.3) is 0 Å². The zero-order chi connectivity index (χ0) is 17.0. The van der Waals surface area contributed by atoms with Crippen molar-refractivity contribution in [3.05, 3.63) is 65.2 Å². The van der Waals surface area contributed by atoms with Crippen LogP contribution >= 0.6 is 0 Å². The van der Waals surface area contributed by atoms with Gasteiger partial charge in [-0.25, -0.2) is 0 Å². The standard InChI is InChI=1S/C17H16F3NO2/c1-11-5-3-4-6-15(11)16(22)21-12(2)13-7-9-14(10-8-13)23-17(18,19)20/h3-10,12H,1-2H3,(H,21,22). The van der Waals surface area contributed by atoms with Crippen LogP contribution in [0.2, 0.25) is 0 Å². The molecule has 1 atom stereocenters. The van der Waals surface area contributed by atoms with Gasteiger partial charge in [0.2, 0.25) is 0 Å². The quantitative estimate of drug-likeness (QED) is 0.906. The summed E-state index contributed by atoms with van der Waals surface area (Å²) in [5.74, 6) is -0.523. The van der Waals surface area contributed by atoms with Crippen molar-refractivity contribution in [3.63, 3.8) is 0 Å². The second-order valence-corrected chi connectivity index (χ2v) is 5.13. The molecule has 2 rings (SSSR count). The van der Waals surface area contributed by atoms with Crippen LogP contribution in [0, 0.1) is 6.92 Å². The second kappa shape index (κ2) is 6.73. The highest BCUT2D eigenvalue weighted by Crippen LogP contribution is 2.24. The summed E-state index contributed by atoms with van der Waals surface area (Å²) in [7, 11) is 0. The average molecular weight is 323 g/mol. The van der Waals surface area contributed by atoms with Gasteiger partial charge in [0.25, 0.3) is 5.91 Å². The summed E-state index contributed by atoms with van der Waals surface area (Å²) in [6, 6.07) is 12.2. The molecule has 23 heavy (non-hydrogen) atoms. The molecular formula is C17H16F3NO2. The Bertz CT molecular complexity index is 681. The van der Waals surface area contributed by atoms with Crippen molar-refractivity contribution < 1.29 is 22.7 Å².